The molecule has 0 spiro atoms. The van der Waals surface area contributed by atoms with Crippen LogP contribution in [0.1, 0.15) is 50.7 Å². The van der Waals surface area contributed by atoms with Gasteiger partial charge in [-0.05, 0) is 62.1 Å². The standard InChI is InChI=1S/C18H30N4.HI/c1-4-18(9-6-10-18)14-22-17(20-5-2)21-12-8-16-7-11-19-13-15(16)3;/h7,11,13H,4-6,8-10,12,14H2,1-3H3,(H2,20,21,22);1H. The monoisotopic (exact) mass is 430 g/mol. The molecule has 1 fully saturated rings. The van der Waals surface area contributed by atoms with Crippen molar-refractivity contribution < 1.29 is 0 Å². The van der Waals surface area contributed by atoms with Crippen LogP contribution >= 0.6 is 24.0 Å². The number of aryl methyl sites for hydroxylation is 1. The second-order valence-corrected chi connectivity index (χ2v) is 6.38. The smallest absolute Gasteiger partial charge is 0.191 e. The third-order valence-electron chi connectivity index (χ3n) is 4.90. The van der Waals surface area contributed by atoms with Gasteiger partial charge < -0.3 is 10.6 Å². The molecule has 0 aromatic carbocycles. The van der Waals surface area contributed by atoms with Crippen molar-refractivity contribution in [1.29, 1.82) is 0 Å². The average molecular weight is 430 g/mol. The molecular weight excluding hydrogens is 399 g/mol. The van der Waals surface area contributed by atoms with Gasteiger partial charge in [0.25, 0.3) is 0 Å². The SMILES string of the molecule is CCNC(=NCC1(CC)CCC1)NCCc1ccncc1C.I. The molecule has 1 heterocycles. The van der Waals surface area contributed by atoms with Gasteiger partial charge in [0.15, 0.2) is 5.96 Å². The number of hydrogen-bond donors (Lipinski definition) is 2. The van der Waals surface area contributed by atoms with Crippen molar-refractivity contribution in [1.82, 2.24) is 15.6 Å². The molecule has 0 amide bonds. The van der Waals surface area contributed by atoms with Crippen LogP contribution in [0, 0.1) is 12.3 Å². The topological polar surface area (TPSA) is 49.3 Å². The fourth-order valence-electron chi connectivity index (χ4n) is 2.99. The van der Waals surface area contributed by atoms with E-state index in [4.69, 9.17) is 4.99 Å². The predicted octanol–water partition coefficient (Wildman–Crippen LogP) is 3.69. The minimum Gasteiger partial charge on any atom is -0.357 e. The van der Waals surface area contributed by atoms with Crippen LogP contribution in [0.5, 0.6) is 0 Å². The first-order valence-electron chi connectivity index (χ1n) is 8.61. The lowest BCUT2D eigenvalue weighted by atomic mass is 9.67. The number of rotatable bonds is 7. The van der Waals surface area contributed by atoms with E-state index in [0.29, 0.717) is 5.41 Å². The summed E-state index contributed by atoms with van der Waals surface area (Å²) in [7, 11) is 0. The molecule has 2 N–H and O–H groups in total. The maximum Gasteiger partial charge on any atom is 0.191 e. The molecule has 0 aliphatic heterocycles. The molecule has 0 bridgehead atoms. The summed E-state index contributed by atoms with van der Waals surface area (Å²) < 4.78 is 0. The molecule has 1 saturated carbocycles. The number of guanidine groups is 1. The summed E-state index contributed by atoms with van der Waals surface area (Å²) in [6.45, 7) is 9.27. The summed E-state index contributed by atoms with van der Waals surface area (Å²) in [5.74, 6) is 0.953. The van der Waals surface area contributed by atoms with Gasteiger partial charge in [0.2, 0.25) is 0 Å². The number of pyridine rings is 1. The van der Waals surface area contributed by atoms with Crippen LogP contribution in [-0.4, -0.2) is 30.6 Å². The number of halogens is 1. The first-order chi connectivity index (χ1) is 10.7. The highest BCUT2D eigenvalue weighted by molar-refractivity contribution is 14.0. The molecular formula is C18H31IN4. The summed E-state index contributed by atoms with van der Waals surface area (Å²) in [5.41, 5.74) is 3.08. The van der Waals surface area contributed by atoms with Gasteiger partial charge in [-0.25, -0.2) is 0 Å². The van der Waals surface area contributed by atoms with Crippen molar-refractivity contribution in [3.63, 3.8) is 0 Å². The van der Waals surface area contributed by atoms with Crippen LogP contribution in [-0.2, 0) is 6.42 Å². The fourth-order valence-corrected chi connectivity index (χ4v) is 2.99. The molecule has 1 aliphatic rings. The Hall–Kier alpha value is -0.850. The predicted molar refractivity (Wildman–Crippen MR) is 109 cm³/mol. The van der Waals surface area contributed by atoms with Gasteiger partial charge in [-0.2, -0.15) is 0 Å². The third kappa shape index (κ3) is 5.94. The molecule has 1 aromatic rings. The Labute approximate surface area is 158 Å². The summed E-state index contributed by atoms with van der Waals surface area (Å²) in [6, 6.07) is 2.10. The van der Waals surface area contributed by atoms with Crippen molar-refractivity contribution in [3.05, 3.63) is 29.6 Å². The van der Waals surface area contributed by atoms with E-state index in [1.165, 1.54) is 36.8 Å². The van der Waals surface area contributed by atoms with Gasteiger partial charge in [0, 0.05) is 32.0 Å². The minimum absolute atomic E-state index is 0. The largest absolute Gasteiger partial charge is 0.357 e. The minimum atomic E-state index is 0. The quantitative estimate of drug-likeness (QED) is 0.394. The molecule has 4 nitrogen and oxygen atoms in total. The molecule has 1 aromatic heterocycles. The maximum atomic E-state index is 4.81. The summed E-state index contributed by atoms with van der Waals surface area (Å²) >= 11 is 0. The van der Waals surface area contributed by atoms with E-state index in [2.05, 4.69) is 42.5 Å². The van der Waals surface area contributed by atoms with E-state index in [0.717, 1.165) is 32.0 Å². The van der Waals surface area contributed by atoms with Gasteiger partial charge in [0.05, 0.1) is 0 Å². The molecule has 0 unspecified atom stereocenters. The lowest BCUT2D eigenvalue weighted by Gasteiger charge is -2.40. The maximum absolute atomic E-state index is 4.81. The fraction of sp³-hybridized carbons (Fsp3) is 0.667. The van der Waals surface area contributed by atoms with E-state index in [1.54, 1.807) is 0 Å². The molecule has 2 rings (SSSR count). The zero-order valence-corrected chi connectivity index (χ0v) is 17.0. The van der Waals surface area contributed by atoms with E-state index in [9.17, 15) is 0 Å². The van der Waals surface area contributed by atoms with Crippen LogP contribution in [0.4, 0.5) is 0 Å². The lowest BCUT2D eigenvalue weighted by Crippen LogP contribution is -2.40. The second kappa shape index (κ2) is 10.1. The zero-order chi connectivity index (χ0) is 15.8. The molecule has 0 atom stereocenters. The lowest BCUT2D eigenvalue weighted by molar-refractivity contribution is 0.139. The molecule has 0 saturated heterocycles. The number of nitrogens with one attached hydrogen (secondary N) is 2. The third-order valence-corrected chi connectivity index (χ3v) is 4.90. The molecule has 130 valence electrons. The number of aromatic nitrogens is 1. The molecule has 1 aliphatic carbocycles. The van der Waals surface area contributed by atoms with Crippen molar-refractivity contribution in [3.8, 4) is 0 Å². The second-order valence-electron chi connectivity index (χ2n) is 6.38. The van der Waals surface area contributed by atoms with E-state index >= 15 is 0 Å². The van der Waals surface area contributed by atoms with Gasteiger partial charge in [-0.1, -0.05) is 13.3 Å². The molecule has 5 heteroatoms. The van der Waals surface area contributed by atoms with Gasteiger partial charge >= 0.3 is 0 Å². The Morgan fingerprint density at radius 1 is 1.30 bits per heavy atom. The Kier molecular flexibility index (Phi) is 8.87. The molecule has 0 radical (unpaired) electrons. The van der Waals surface area contributed by atoms with Crippen molar-refractivity contribution >= 4 is 29.9 Å². The van der Waals surface area contributed by atoms with Gasteiger partial charge in [-0.3, -0.25) is 9.98 Å². The average Bonchev–Trinajstić information content (AvgIpc) is 2.48. The van der Waals surface area contributed by atoms with E-state index in [1.807, 2.05) is 12.4 Å². The first kappa shape index (κ1) is 20.2. The Morgan fingerprint density at radius 3 is 2.65 bits per heavy atom. The highest BCUT2D eigenvalue weighted by atomic mass is 127. The summed E-state index contributed by atoms with van der Waals surface area (Å²) in [6.07, 6.45) is 10.1. The van der Waals surface area contributed by atoms with Crippen LogP contribution in [0.15, 0.2) is 23.5 Å². The first-order valence-corrected chi connectivity index (χ1v) is 8.61. The number of hydrogen-bond acceptors (Lipinski definition) is 2. The van der Waals surface area contributed by atoms with Crippen molar-refractivity contribution in [2.24, 2.45) is 10.4 Å². The van der Waals surface area contributed by atoms with Crippen LogP contribution in [0.3, 0.4) is 0 Å². The van der Waals surface area contributed by atoms with Crippen molar-refractivity contribution in [2.75, 3.05) is 19.6 Å². The highest BCUT2D eigenvalue weighted by Crippen LogP contribution is 2.43. The normalized spacial score (nSPS) is 16.2. The van der Waals surface area contributed by atoms with Gasteiger partial charge in [-0.15, -0.1) is 24.0 Å². The number of aliphatic imine (C=N–C) groups is 1. The van der Waals surface area contributed by atoms with Crippen LogP contribution < -0.4 is 10.6 Å². The van der Waals surface area contributed by atoms with E-state index in [-0.39, 0.29) is 24.0 Å². The highest BCUT2D eigenvalue weighted by Gasteiger charge is 2.34. The Morgan fingerprint density at radius 2 is 2.09 bits per heavy atom. The van der Waals surface area contributed by atoms with Crippen LogP contribution in [0.25, 0.3) is 0 Å². The van der Waals surface area contributed by atoms with Crippen molar-refractivity contribution in [2.45, 2.75) is 52.9 Å². The summed E-state index contributed by atoms with van der Waals surface area (Å²) in [5, 5.41) is 6.81. The zero-order valence-electron chi connectivity index (χ0n) is 14.7. The van der Waals surface area contributed by atoms with E-state index < -0.39 is 0 Å². The van der Waals surface area contributed by atoms with Gasteiger partial charge in [0.1, 0.15) is 0 Å². The summed E-state index contributed by atoms with van der Waals surface area (Å²) in [4.78, 5) is 8.96. The Balaban J connectivity index is 0.00000264. The Bertz CT molecular complexity index is 492. The van der Waals surface area contributed by atoms with Crippen LogP contribution in [0.2, 0.25) is 0 Å². The number of nitrogens with zero attached hydrogens (tertiary/aromatic N) is 2. The molecule has 23 heavy (non-hydrogen) atoms.